The highest BCUT2D eigenvalue weighted by Crippen LogP contribution is 2.61. The van der Waals surface area contributed by atoms with Crippen LogP contribution in [0.15, 0.2) is 66.7 Å². The van der Waals surface area contributed by atoms with Gasteiger partial charge in [0.1, 0.15) is 17.9 Å². The Morgan fingerprint density at radius 1 is 1.05 bits per heavy atom. The molecule has 0 unspecified atom stereocenters. The molecule has 12 heteroatoms. The number of hydrogen-bond donors (Lipinski definition) is 5. The van der Waals surface area contributed by atoms with Crippen LogP contribution < -0.4 is 21.1 Å². The highest BCUT2D eigenvalue weighted by atomic mass is 16.7. The first-order valence-electron chi connectivity index (χ1n) is 19.8. The van der Waals surface area contributed by atoms with E-state index in [0.29, 0.717) is 53.2 Å². The normalized spacial score (nSPS) is 26.6. The lowest BCUT2D eigenvalue weighted by Crippen LogP contribution is -2.62. The summed E-state index contributed by atoms with van der Waals surface area (Å²) in [6, 6.07) is 19.2. The number of likely N-dealkylation sites (N-methyl/N-ethyl adjacent to an activating group) is 1. The fraction of sp³-hybridized carbons (Fsp3) is 0.523. The van der Waals surface area contributed by atoms with E-state index < -0.39 is 30.1 Å². The third-order valence-electron chi connectivity index (χ3n) is 12.7. The molecule has 0 radical (unpaired) electrons. The van der Waals surface area contributed by atoms with Crippen molar-refractivity contribution in [2.75, 3.05) is 34.4 Å². The minimum absolute atomic E-state index is 0.00208. The fourth-order valence-electron chi connectivity index (χ4n) is 9.66. The Hall–Kier alpha value is -4.33. The Bertz CT molecular complexity index is 1880. The number of fused-ring (bicyclic) bond motifs is 2. The van der Waals surface area contributed by atoms with Crippen molar-refractivity contribution >= 4 is 17.7 Å². The summed E-state index contributed by atoms with van der Waals surface area (Å²) in [6.07, 6.45) is 0.951. The molecule has 1 saturated heterocycles. The maximum Gasteiger partial charge on any atom is 0.251 e. The molecular weight excluding hydrogens is 711 g/mol. The Balaban J connectivity index is 1.28. The first-order valence-corrected chi connectivity index (χ1v) is 19.8. The largest absolute Gasteiger partial charge is 0.496 e. The van der Waals surface area contributed by atoms with Crippen molar-refractivity contribution in [2.24, 2.45) is 34.8 Å². The molecule has 9 atom stereocenters. The summed E-state index contributed by atoms with van der Waals surface area (Å²) in [7, 11) is 5.43. The Morgan fingerprint density at radius 3 is 2.38 bits per heavy atom. The van der Waals surface area contributed by atoms with Gasteiger partial charge in [0, 0.05) is 46.8 Å². The maximum atomic E-state index is 14.3. The summed E-state index contributed by atoms with van der Waals surface area (Å²) in [4.78, 5) is 49.0. The van der Waals surface area contributed by atoms with E-state index >= 15 is 0 Å². The number of carbonyl (C=O) groups is 3. The molecule has 56 heavy (non-hydrogen) atoms. The molecule has 302 valence electrons. The van der Waals surface area contributed by atoms with Gasteiger partial charge < -0.3 is 36.2 Å². The van der Waals surface area contributed by atoms with Gasteiger partial charge in [0.2, 0.25) is 11.8 Å². The Labute approximate surface area is 330 Å². The Morgan fingerprint density at radius 2 is 1.77 bits per heavy atom. The molecule has 3 saturated carbocycles. The smallest absolute Gasteiger partial charge is 0.251 e. The predicted octanol–water partition coefficient (Wildman–Crippen LogP) is 4.02. The summed E-state index contributed by atoms with van der Waals surface area (Å²) in [5, 5.41) is 29.3. The van der Waals surface area contributed by atoms with Crippen LogP contribution in [-0.2, 0) is 22.6 Å². The first-order chi connectivity index (χ1) is 26.6. The lowest BCUT2D eigenvalue weighted by Gasteiger charge is -2.62. The zero-order chi connectivity index (χ0) is 40.5. The zero-order valence-corrected chi connectivity index (χ0v) is 33.7. The average Bonchev–Trinajstić information content (AvgIpc) is 3.53. The van der Waals surface area contributed by atoms with E-state index in [-0.39, 0.29) is 53.6 Å². The van der Waals surface area contributed by atoms with E-state index in [2.05, 4.69) is 31.4 Å². The van der Waals surface area contributed by atoms with Crippen LogP contribution in [0.2, 0.25) is 0 Å². The number of hydrogen-bond acceptors (Lipinski definition) is 9. The standard InChI is InChI=1S/C44H59N5O7/c1-25-35-20-32(44(35,3)4)21-36(25)47-43(54)39-38(26(2)51)37(24-50)56-49(39)22-28-14-11-15-34(40(28)55-7)29-17-30(41(45)52)19-31(18-29)42(53)46-33(23-48(5)6)16-27-12-9-8-10-13-27/h8-15,17-19,25-26,32-33,35-39,50-51H,16,20-24H2,1-7H3,(H2,45,52)(H,46,53)(H,47,54)/t25-,26-,32+,33-,35+,36-,37-,38-,39-/m0/s1. The van der Waals surface area contributed by atoms with Gasteiger partial charge in [-0.1, -0.05) is 69.3 Å². The number of carbonyl (C=O) groups excluding carboxylic acids is 3. The number of aliphatic hydroxyl groups is 2. The maximum absolute atomic E-state index is 14.3. The molecule has 1 aliphatic heterocycles. The van der Waals surface area contributed by atoms with Crippen LogP contribution in [0, 0.1) is 29.1 Å². The molecule has 1 heterocycles. The molecule has 3 aromatic rings. The predicted molar refractivity (Wildman–Crippen MR) is 214 cm³/mol. The quantitative estimate of drug-likeness (QED) is 0.154. The summed E-state index contributed by atoms with van der Waals surface area (Å²) in [5.74, 6) is -0.147. The number of aliphatic hydroxyl groups excluding tert-OH is 2. The van der Waals surface area contributed by atoms with Gasteiger partial charge in [-0.25, -0.2) is 0 Å². The minimum Gasteiger partial charge on any atom is -0.496 e. The molecular formula is C44H59N5O7. The van der Waals surface area contributed by atoms with Crippen LogP contribution >= 0.6 is 0 Å². The number of amides is 3. The lowest BCUT2D eigenvalue weighted by atomic mass is 9.45. The topological polar surface area (TPSA) is 167 Å². The van der Waals surface area contributed by atoms with Crippen LogP contribution in [-0.4, -0.2) is 103 Å². The van der Waals surface area contributed by atoms with Crippen LogP contribution in [0.25, 0.3) is 11.1 Å². The number of hydroxylamine groups is 2. The van der Waals surface area contributed by atoms with Gasteiger partial charge in [-0.3, -0.25) is 19.2 Å². The van der Waals surface area contributed by atoms with Crippen molar-refractivity contribution in [1.29, 1.82) is 0 Å². The van der Waals surface area contributed by atoms with E-state index in [4.69, 9.17) is 15.3 Å². The summed E-state index contributed by atoms with van der Waals surface area (Å²) in [5.41, 5.74) is 9.37. The number of primary amides is 1. The molecule has 12 nitrogen and oxygen atoms in total. The minimum atomic E-state index is -0.941. The number of benzene rings is 3. The van der Waals surface area contributed by atoms with Crippen LogP contribution in [0.5, 0.6) is 5.75 Å². The third kappa shape index (κ3) is 8.50. The Kier molecular flexibility index (Phi) is 12.6. The molecule has 0 spiro atoms. The van der Waals surface area contributed by atoms with Crippen molar-refractivity contribution in [3.05, 3.63) is 89.0 Å². The second-order valence-corrected chi connectivity index (χ2v) is 17.0. The molecule has 0 aromatic heterocycles. The summed E-state index contributed by atoms with van der Waals surface area (Å²) >= 11 is 0. The fourth-order valence-corrected chi connectivity index (χ4v) is 9.66. The van der Waals surface area contributed by atoms with E-state index in [1.165, 1.54) is 19.6 Å². The van der Waals surface area contributed by atoms with Gasteiger partial charge in [0.15, 0.2) is 0 Å². The first kappa shape index (κ1) is 41.3. The number of nitrogens with zero attached hydrogens (tertiary/aromatic N) is 2. The van der Waals surface area contributed by atoms with Gasteiger partial charge in [-0.05, 0) is 92.8 Å². The number of para-hydroxylation sites is 1. The number of nitrogens with one attached hydrogen (secondary N) is 2. The second kappa shape index (κ2) is 17.0. The molecule has 3 aliphatic carbocycles. The monoisotopic (exact) mass is 769 g/mol. The van der Waals surface area contributed by atoms with Crippen molar-refractivity contribution in [3.8, 4) is 16.9 Å². The molecule has 4 aliphatic rings. The average molecular weight is 770 g/mol. The number of rotatable bonds is 15. The van der Waals surface area contributed by atoms with Crippen molar-refractivity contribution in [3.63, 3.8) is 0 Å². The van der Waals surface area contributed by atoms with Crippen molar-refractivity contribution in [2.45, 2.75) is 83.8 Å². The van der Waals surface area contributed by atoms with Crippen LogP contribution in [0.1, 0.15) is 72.4 Å². The molecule has 4 fully saturated rings. The lowest BCUT2D eigenvalue weighted by molar-refractivity contribution is -0.183. The van der Waals surface area contributed by atoms with E-state index in [9.17, 15) is 24.6 Å². The van der Waals surface area contributed by atoms with E-state index in [1.54, 1.807) is 24.1 Å². The van der Waals surface area contributed by atoms with E-state index in [1.807, 2.05) is 67.5 Å². The number of ether oxygens (including phenoxy) is 1. The molecule has 3 amide bonds. The summed E-state index contributed by atoms with van der Waals surface area (Å²) < 4.78 is 6.01. The van der Waals surface area contributed by atoms with Gasteiger partial charge >= 0.3 is 0 Å². The number of nitrogens with two attached hydrogens (primary N) is 1. The highest BCUT2D eigenvalue weighted by molar-refractivity contribution is 6.01. The van der Waals surface area contributed by atoms with Gasteiger partial charge in [0.05, 0.1) is 26.4 Å². The van der Waals surface area contributed by atoms with Gasteiger partial charge in [0.25, 0.3) is 5.91 Å². The zero-order valence-electron chi connectivity index (χ0n) is 33.7. The summed E-state index contributed by atoms with van der Waals surface area (Å²) in [6.45, 7) is 8.77. The SMILES string of the molecule is COc1c(CN2O[C@@H](CO)[C@H]([C@H](C)O)[C@H]2C(=O)N[C@H]2C[C@H]3C[C@H]([C@@H]2C)C3(C)C)cccc1-c1cc(C(N)=O)cc(C(=O)N[C@@H](Cc2ccccc2)CN(C)C)c1. The van der Waals surface area contributed by atoms with E-state index in [0.717, 1.165) is 12.0 Å². The molecule has 2 bridgehead atoms. The number of methoxy groups -OCH3 is 1. The van der Waals surface area contributed by atoms with Crippen LogP contribution in [0.4, 0.5) is 0 Å². The molecule has 6 N–H and O–H groups in total. The van der Waals surface area contributed by atoms with Gasteiger partial charge in [-0.2, -0.15) is 5.06 Å². The highest BCUT2D eigenvalue weighted by Gasteiger charge is 2.57. The van der Waals surface area contributed by atoms with Crippen molar-refractivity contribution in [1.82, 2.24) is 20.6 Å². The molecule has 7 rings (SSSR count). The van der Waals surface area contributed by atoms with Crippen LogP contribution in [0.3, 0.4) is 0 Å². The molecule has 3 aromatic carbocycles. The van der Waals surface area contributed by atoms with Gasteiger partial charge in [-0.15, -0.1) is 0 Å². The second-order valence-electron chi connectivity index (χ2n) is 17.0. The van der Waals surface area contributed by atoms with Crippen molar-refractivity contribution < 1.29 is 34.2 Å². The third-order valence-corrected chi connectivity index (χ3v) is 12.7.